The van der Waals surface area contributed by atoms with Gasteiger partial charge in [0.1, 0.15) is 12.4 Å². The van der Waals surface area contributed by atoms with Crippen LogP contribution in [0.3, 0.4) is 0 Å². The van der Waals surface area contributed by atoms with Crippen molar-refractivity contribution in [3.63, 3.8) is 0 Å². The first kappa shape index (κ1) is 15.9. The molecule has 3 heteroatoms. The largest absolute Gasteiger partial charge is 0.487 e. The average Bonchev–Trinajstić information content (AvgIpc) is 2.47. The molecule has 0 aromatic heterocycles. The second-order valence-electron chi connectivity index (χ2n) is 5.57. The molecule has 0 saturated carbocycles. The molecule has 0 bridgehead atoms. The first-order valence-corrected chi connectivity index (χ1v) is 7.62. The first-order chi connectivity index (χ1) is 10.0. The van der Waals surface area contributed by atoms with Crippen LogP contribution in [0, 0.1) is 6.92 Å². The van der Waals surface area contributed by atoms with Gasteiger partial charge in [-0.25, -0.2) is 0 Å². The van der Waals surface area contributed by atoms with Crippen molar-refractivity contribution in [2.24, 2.45) is 0 Å². The number of halogens is 1. The van der Waals surface area contributed by atoms with E-state index in [1.54, 1.807) is 0 Å². The van der Waals surface area contributed by atoms with Gasteiger partial charge in [0.2, 0.25) is 0 Å². The molecule has 0 heterocycles. The van der Waals surface area contributed by atoms with Gasteiger partial charge in [0.25, 0.3) is 0 Å². The van der Waals surface area contributed by atoms with Crippen LogP contribution < -0.4 is 10.1 Å². The van der Waals surface area contributed by atoms with Crippen molar-refractivity contribution < 1.29 is 4.74 Å². The van der Waals surface area contributed by atoms with Gasteiger partial charge in [-0.15, -0.1) is 0 Å². The highest BCUT2D eigenvalue weighted by Crippen LogP contribution is 2.26. The molecular weight excluding hydrogens is 282 g/mol. The maximum Gasteiger partial charge on any atom is 0.138 e. The number of hydrogen-bond acceptors (Lipinski definition) is 2. The monoisotopic (exact) mass is 303 g/mol. The number of hydrogen-bond donors (Lipinski definition) is 1. The van der Waals surface area contributed by atoms with Crippen LogP contribution in [0.25, 0.3) is 0 Å². The smallest absolute Gasteiger partial charge is 0.138 e. The Bertz CT molecular complexity index is 578. The van der Waals surface area contributed by atoms with Gasteiger partial charge in [0, 0.05) is 12.6 Å². The van der Waals surface area contributed by atoms with Crippen molar-refractivity contribution >= 4 is 11.6 Å². The molecule has 0 saturated heterocycles. The van der Waals surface area contributed by atoms with Crippen LogP contribution in [0.5, 0.6) is 5.75 Å². The minimum atomic E-state index is 0.497. The van der Waals surface area contributed by atoms with Crippen LogP contribution in [-0.4, -0.2) is 6.04 Å². The minimum Gasteiger partial charge on any atom is -0.487 e. The fourth-order valence-electron chi connectivity index (χ4n) is 1.96. The standard InChI is InChI=1S/C18H22ClNO/c1-13(2)20-11-15-5-7-16(8-6-15)12-21-18-10-14(3)4-9-17(18)19/h4-10,13,20H,11-12H2,1-3H3. The average molecular weight is 304 g/mol. The summed E-state index contributed by atoms with van der Waals surface area (Å²) in [4.78, 5) is 0. The maximum absolute atomic E-state index is 6.13. The van der Waals surface area contributed by atoms with Gasteiger partial charge in [-0.3, -0.25) is 0 Å². The normalized spacial score (nSPS) is 10.9. The summed E-state index contributed by atoms with van der Waals surface area (Å²) in [6, 6.07) is 14.8. The summed E-state index contributed by atoms with van der Waals surface area (Å²) in [6.45, 7) is 7.74. The highest BCUT2D eigenvalue weighted by molar-refractivity contribution is 6.32. The second kappa shape index (κ2) is 7.48. The zero-order valence-corrected chi connectivity index (χ0v) is 13.6. The lowest BCUT2D eigenvalue weighted by Gasteiger charge is -2.11. The lowest BCUT2D eigenvalue weighted by atomic mass is 10.1. The third-order valence-electron chi connectivity index (χ3n) is 3.22. The number of nitrogens with one attached hydrogen (secondary N) is 1. The van der Waals surface area contributed by atoms with Crippen LogP contribution in [0.15, 0.2) is 42.5 Å². The summed E-state index contributed by atoms with van der Waals surface area (Å²) < 4.78 is 5.79. The molecule has 21 heavy (non-hydrogen) atoms. The van der Waals surface area contributed by atoms with E-state index in [9.17, 15) is 0 Å². The van der Waals surface area contributed by atoms with Gasteiger partial charge in [0.05, 0.1) is 5.02 Å². The third-order valence-corrected chi connectivity index (χ3v) is 3.53. The zero-order valence-electron chi connectivity index (χ0n) is 12.8. The van der Waals surface area contributed by atoms with Gasteiger partial charge < -0.3 is 10.1 Å². The molecule has 0 aliphatic carbocycles. The van der Waals surface area contributed by atoms with Crippen LogP contribution in [0.1, 0.15) is 30.5 Å². The third kappa shape index (κ3) is 5.07. The minimum absolute atomic E-state index is 0.497. The van der Waals surface area contributed by atoms with Gasteiger partial charge in [-0.2, -0.15) is 0 Å². The predicted molar refractivity (Wildman–Crippen MR) is 88.9 cm³/mol. The second-order valence-corrected chi connectivity index (χ2v) is 5.98. The summed E-state index contributed by atoms with van der Waals surface area (Å²) in [5.74, 6) is 0.738. The Morgan fingerprint density at radius 2 is 1.71 bits per heavy atom. The van der Waals surface area contributed by atoms with Crippen molar-refractivity contribution in [1.82, 2.24) is 5.32 Å². The van der Waals surface area contributed by atoms with Crippen LogP contribution >= 0.6 is 11.6 Å². The van der Waals surface area contributed by atoms with Crippen molar-refractivity contribution in [2.45, 2.75) is 40.0 Å². The molecule has 0 atom stereocenters. The van der Waals surface area contributed by atoms with Gasteiger partial charge >= 0.3 is 0 Å². The Hall–Kier alpha value is -1.51. The number of rotatable bonds is 6. The number of ether oxygens (including phenoxy) is 1. The van der Waals surface area contributed by atoms with Crippen LogP contribution in [0.2, 0.25) is 5.02 Å². The SMILES string of the molecule is Cc1ccc(Cl)c(OCc2ccc(CNC(C)C)cc2)c1. The molecule has 2 rings (SSSR count). The summed E-state index contributed by atoms with van der Waals surface area (Å²) in [6.07, 6.45) is 0. The Balaban J connectivity index is 1.93. The van der Waals surface area contributed by atoms with Crippen LogP contribution in [0.4, 0.5) is 0 Å². The summed E-state index contributed by atoms with van der Waals surface area (Å²) in [5, 5.41) is 4.06. The molecule has 0 amide bonds. The van der Waals surface area contributed by atoms with Crippen molar-refractivity contribution in [1.29, 1.82) is 0 Å². The van der Waals surface area contributed by atoms with Gasteiger partial charge in [-0.1, -0.05) is 55.8 Å². The lowest BCUT2D eigenvalue weighted by molar-refractivity contribution is 0.306. The van der Waals surface area contributed by atoms with Crippen LogP contribution in [-0.2, 0) is 13.2 Å². The van der Waals surface area contributed by atoms with E-state index in [4.69, 9.17) is 16.3 Å². The molecular formula is C18H22ClNO. The molecule has 2 aromatic carbocycles. The molecule has 2 aromatic rings. The maximum atomic E-state index is 6.13. The van der Waals surface area contributed by atoms with E-state index in [1.807, 2.05) is 25.1 Å². The van der Waals surface area contributed by atoms with E-state index in [2.05, 4.69) is 43.4 Å². The Morgan fingerprint density at radius 1 is 1.05 bits per heavy atom. The Labute approximate surface area is 132 Å². The molecule has 0 radical (unpaired) electrons. The predicted octanol–water partition coefficient (Wildman–Crippen LogP) is 4.73. The molecule has 2 nitrogen and oxygen atoms in total. The fraction of sp³-hybridized carbons (Fsp3) is 0.333. The summed E-state index contributed by atoms with van der Waals surface area (Å²) in [5.41, 5.74) is 3.56. The van der Waals surface area contributed by atoms with E-state index < -0.39 is 0 Å². The first-order valence-electron chi connectivity index (χ1n) is 7.25. The highest BCUT2D eigenvalue weighted by atomic mass is 35.5. The molecule has 0 spiro atoms. The van der Waals surface area contributed by atoms with Gasteiger partial charge in [0.15, 0.2) is 0 Å². The summed E-state index contributed by atoms with van der Waals surface area (Å²) in [7, 11) is 0. The zero-order chi connectivity index (χ0) is 15.2. The van der Waals surface area contributed by atoms with E-state index in [0.717, 1.165) is 23.4 Å². The highest BCUT2D eigenvalue weighted by Gasteiger charge is 2.03. The van der Waals surface area contributed by atoms with Gasteiger partial charge in [-0.05, 0) is 35.7 Å². The molecule has 0 aliphatic rings. The van der Waals surface area contributed by atoms with E-state index in [-0.39, 0.29) is 0 Å². The van der Waals surface area contributed by atoms with Crippen molar-refractivity contribution in [3.8, 4) is 5.75 Å². The summed E-state index contributed by atoms with van der Waals surface area (Å²) >= 11 is 6.13. The molecule has 0 unspecified atom stereocenters. The van der Waals surface area contributed by atoms with E-state index in [0.29, 0.717) is 17.7 Å². The molecule has 0 fully saturated rings. The molecule has 1 N–H and O–H groups in total. The Kier molecular flexibility index (Phi) is 5.66. The number of benzene rings is 2. The van der Waals surface area contributed by atoms with Crippen molar-refractivity contribution in [3.05, 3.63) is 64.2 Å². The molecule has 0 aliphatic heterocycles. The van der Waals surface area contributed by atoms with E-state index >= 15 is 0 Å². The lowest BCUT2D eigenvalue weighted by Crippen LogP contribution is -2.21. The van der Waals surface area contributed by atoms with Crippen molar-refractivity contribution in [2.75, 3.05) is 0 Å². The van der Waals surface area contributed by atoms with E-state index in [1.165, 1.54) is 5.56 Å². The number of aryl methyl sites for hydroxylation is 1. The Morgan fingerprint density at radius 3 is 2.38 bits per heavy atom. The quantitative estimate of drug-likeness (QED) is 0.833. The fourth-order valence-corrected chi connectivity index (χ4v) is 2.13. The topological polar surface area (TPSA) is 21.3 Å². The molecule has 112 valence electrons.